The van der Waals surface area contributed by atoms with Crippen LogP contribution in [0.2, 0.25) is 0 Å². The molecule has 0 atom stereocenters. The maximum Gasteiger partial charge on any atom is 0.339 e. The minimum Gasteiger partial charge on any atom is -0.478 e. The third-order valence-corrected chi connectivity index (χ3v) is 2.11. The summed E-state index contributed by atoms with van der Waals surface area (Å²) in [5.41, 5.74) is 1.95. The molecule has 0 spiro atoms. The highest BCUT2D eigenvalue weighted by Gasteiger charge is 2.17. The van der Waals surface area contributed by atoms with E-state index < -0.39 is 5.97 Å². The van der Waals surface area contributed by atoms with Crippen molar-refractivity contribution in [2.24, 2.45) is 0 Å². The number of H-pyrrole nitrogens is 1. The van der Waals surface area contributed by atoms with Crippen LogP contribution in [0.25, 0.3) is 11.3 Å². The molecule has 2 N–H and O–H groups in total. The maximum absolute atomic E-state index is 11.0. The zero-order valence-electron chi connectivity index (χ0n) is 8.06. The summed E-state index contributed by atoms with van der Waals surface area (Å²) in [4.78, 5) is 14.9. The molecule has 5 heteroatoms. The molecule has 0 unspecified atom stereocenters. The SMILES string of the molecule is Cc1[nH]nc(-c2ccncc2)c1C(=O)O. The van der Waals surface area contributed by atoms with Gasteiger partial charge in [0.05, 0.1) is 0 Å². The Kier molecular flexibility index (Phi) is 2.21. The monoisotopic (exact) mass is 203 g/mol. The summed E-state index contributed by atoms with van der Waals surface area (Å²) < 4.78 is 0. The standard InChI is InChI=1S/C10H9N3O2/c1-6-8(10(14)15)9(13-12-6)7-2-4-11-5-3-7/h2-5H,1H3,(H,12,13)(H,14,15). The predicted molar refractivity (Wildman–Crippen MR) is 53.5 cm³/mol. The first-order valence-electron chi connectivity index (χ1n) is 4.39. The molecule has 0 aliphatic rings. The molecule has 0 radical (unpaired) electrons. The van der Waals surface area contributed by atoms with Gasteiger partial charge in [-0.2, -0.15) is 5.10 Å². The summed E-state index contributed by atoms with van der Waals surface area (Å²) in [5, 5.41) is 15.7. The van der Waals surface area contributed by atoms with Crippen molar-refractivity contribution in [2.45, 2.75) is 6.92 Å². The van der Waals surface area contributed by atoms with E-state index in [2.05, 4.69) is 15.2 Å². The molecule has 0 saturated heterocycles. The quantitative estimate of drug-likeness (QED) is 0.774. The number of pyridine rings is 1. The second-order valence-corrected chi connectivity index (χ2v) is 3.11. The van der Waals surface area contributed by atoms with E-state index in [-0.39, 0.29) is 5.56 Å². The average molecular weight is 203 g/mol. The van der Waals surface area contributed by atoms with E-state index in [0.717, 1.165) is 5.56 Å². The van der Waals surface area contributed by atoms with Crippen LogP contribution in [-0.2, 0) is 0 Å². The van der Waals surface area contributed by atoms with Gasteiger partial charge in [-0.1, -0.05) is 0 Å². The minimum atomic E-state index is -0.979. The number of aryl methyl sites for hydroxylation is 1. The Balaban J connectivity index is 2.59. The number of nitrogens with one attached hydrogen (secondary N) is 1. The van der Waals surface area contributed by atoms with Gasteiger partial charge in [-0.05, 0) is 19.1 Å². The number of rotatable bonds is 2. The number of carboxylic acid groups (broad SMARTS) is 1. The summed E-state index contributed by atoms with van der Waals surface area (Å²) in [6.07, 6.45) is 3.20. The fourth-order valence-corrected chi connectivity index (χ4v) is 1.41. The normalized spacial score (nSPS) is 10.2. The molecule has 0 aliphatic heterocycles. The largest absolute Gasteiger partial charge is 0.478 e. The van der Waals surface area contributed by atoms with Gasteiger partial charge >= 0.3 is 5.97 Å². The second-order valence-electron chi connectivity index (χ2n) is 3.11. The maximum atomic E-state index is 11.0. The third kappa shape index (κ3) is 1.59. The highest BCUT2D eigenvalue weighted by atomic mass is 16.4. The summed E-state index contributed by atoms with van der Waals surface area (Å²) in [5.74, 6) is -0.979. The molecular weight excluding hydrogens is 194 g/mol. The zero-order chi connectivity index (χ0) is 10.8. The van der Waals surface area contributed by atoms with Gasteiger partial charge in [0, 0.05) is 23.7 Å². The lowest BCUT2D eigenvalue weighted by Crippen LogP contribution is -1.99. The number of hydrogen-bond acceptors (Lipinski definition) is 3. The summed E-state index contributed by atoms with van der Waals surface area (Å²) in [7, 11) is 0. The van der Waals surface area contributed by atoms with Crippen molar-refractivity contribution < 1.29 is 9.90 Å². The molecule has 15 heavy (non-hydrogen) atoms. The number of carboxylic acids is 1. The Bertz CT molecular complexity index is 491. The Morgan fingerprint density at radius 1 is 1.40 bits per heavy atom. The molecule has 0 bridgehead atoms. The first-order chi connectivity index (χ1) is 7.20. The number of nitrogens with zero attached hydrogens (tertiary/aromatic N) is 2. The van der Waals surface area contributed by atoms with Gasteiger partial charge in [-0.15, -0.1) is 0 Å². The van der Waals surface area contributed by atoms with Gasteiger partial charge in [0.1, 0.15) is 11.3 Å². The summed E-state index contributed by atoms with van der Waals surface area (Å²) in [6, 6.07) is 3.45. The number of hydrogen-bond donors (Lipinski definition) is 2. The van der Waals surface area contributed by atoms with Crippen LogP contribution in [0.1, 0.15) is 16.1 Å². The van der Waals surface area contributed by atoms with Crippen molar-refractivity contribution in [2.75, 3.05) is 0 Å². The van der Waals surface area contributed by atoms with E-state index in [0.29, 0.717) is 11.4 Å². The first kappa shape index (κ1) is 9.39. The van der Waals surface area contributed by atoms with E-state index in [9.17, 15) is 4.79 Å². The van der Waals surface area contributed by atoms with Gasteiger partial charge in [-0.3, -0.25) is 10.1 Å². The van der Waals surface area contributed by atoms with Crippen LogP contribution in [0.15, 0.2) is 24.5 Å². The molecule has 0 aromatic carbocycles. The van der Waals surface area contributed by atoms with Crippen LogP contribution < -0.4 is 0 Å². The average Bonchev–Trinajstić information content (AvgIpc) is 2.61. The van der Waals surface area contributed by atoms with Crippen LogP contribution in [0.4, 0.5) is 0 Å². The highest BCUT2D eigenvalue weighted by molar-refractivity contribution is 5.95. The smallest absolute Gasteiger partial charge is 0.339 e. The van der Waals surface area contributed by atoms with Gasteiger partial charge in [-0.25, -0.2) is 4.79 Å². The van der Waals surface area contributed by atoms with Crippen LogP contribution in [0.5, 0.6) is 0 Å². The van der Waals surface area contributed by atoms with Gasteiger partial charge < -0.3 is 5.11 Å². The molecule has 76 valence electrons. The van der Waals surface area contributed by atoms with Crippen LogP contribution in [0.3, 0.4) is 0 Å². The second kappa shape index (κ2) is 3.53. The lowest BCUT2D eigenvalue weighted by molar-refractivity contribution is 0.0697. The highest BCUT2D eigenvalue weighted by Crippen LogP contribution is 2.22. The van der Waals surface area contributed by atoms with Crippen molar-refractivity contribution in [3.63, 3.8) is 0 Å². The van der Waals surface area contributed by atoms with Crippen molar-refractivity contribution in [1.29, 1.82) is 0 Å². The fraction of sp³-hybridized carbons (Fsp3) is 0.100. The van der Waals surface area contributed by atoms with Crippen molar-refractivity contribution in [3.05, 3.63) is 35.8 Å². The molecule has 0 amide bonds. The van der Waals surface area contributed by atoms with Crippen LogP contribution in [0, 0.1) is 6.92 Å². The predicted octanol–water partition coefficient (Wildman–Crippen LogP) is 1.48. The lowest BCUT2D eigenvalue weighted by Gasteiger charge is -1.97. The first-order valence-corrected chi connectivity index (χ1v) is 4.39. The molecule has 2 heterocycles. The molecule has 0 fully saturated rings. The zero-order valence-corrected chi connectivity index (χ0v) is 8.06. The van der Waals surface area contributed by atoms with E-state index in [1.165, 1.54) is 0 Å². The van der Waals surface area contributed by atoms with E-state index in [1.807, 2.05) is 0 Å². The molecule has 5 nitrogen and oxygen atoms in total. The van der Waals surface area contributed by atoms with Crippen molar-refractivity contribution in [1.82, 2.24) is 15.2 Å². The van der Waals surface area contributed by atoms with Gasteiger partial charge in [0.15, 0.2) is 0 Å². The van der Waals surface area contributed by atoms with Crippen molar-refractivity contribution in [3.8, 4) is 11.3 Å². The summed E-state index contributed by atoms with van der Waals surface area (Å²) >= 11 is 0. The van der Waals surface area contributed by atoms with E-state index in [1.54, 1.807) is 31.5 Å². The summed E-state index contributed by atoms with van der Waals surface area (Å²) in [6.45, 7) is 1.68. The molecule has 0 aliphatic carbocycles. The molecule has 2 rings (SSSR count). The minimum absolute atomic E-state index is 0.209. The Morgan fingerprint density at radius 2 is 2.07 bits per heavy atom. The topological polar surface area (TPSA) is 78.9 Å². The van der Waals surface area contributed by atoms with Gasteiger partial charge in [0.2, 0.25) is 0 Å². The number of aromatic nitrogens is 3. The number of aromatic amines is 1. The van der Waals surface area contributed by atoms with Crippen LogP contribution in [-0.4, -0.2) is 26.3 Å². The van der Waals surface area contributed by atoms with Gasteiger partial charge in [0.25, 0.3) is 0 Å². The van der Waals surface area contributed by atoms with Crippen LogP contribution >= 0.6 is 0 Å². The third-order valence-electron chi connectivity index (χ3n) is 2.11. The fourth-order valence-electron chi connectivity index (χ4n) is 1.41. The Labute approximate surface area is 85.8 Å². The number of carbonyl (C=O) groups is 1. The molecular formula is C10H9N3O2. The molecule has 2 aromatic rings. The molecule has 0 saturated carbocycles. The Hall–Kier alpha value is -2.17. The lowest BCUT2D eigenvalue weighted by atomic mass is 10.1. The Morgan fingerprint density at radius 3 is 2.67 bits per heavy atom. The molecule has 2 aromatic heterocycles. The van der Waals surface area contributed by atoms with E-state index in [4.69, 9.17) is 5.11 Å². The van der Waals surface area contributed by atoms with Crippen molar-refractivity contribution >= 4 is 5.97 Å². The number of aromatic carboxylic acids is 1. The van der Waals surface area contributed by atoms with E-state index >= 15 is 0 Å².